The lowest BCUT2D eigenvalue weighted by Gasteiger charge is -2.23. The Morgan fingerprint density at radius 3 is 2.20 bits per heavy atom. The standard InChI is InChI=1S/C16H19N3O/c17-12-7-13-19(15-10-5-2-6-11-15)16(20)18-14-8-3-1-4-9-14/h1-6,8-11H,7,12-13,17H2,(H,18,20). The van der Waals surface area contributed by atoms with Crippen LogP contribution in [0.25, 0.3) is 0 Å². The van der Waals surface area contributed by atoms with Crippen molar-refractivity contribution in [2.75, 3.05) is 23.3 Å². The summed E-state index contributed by atoms with van der Waals surface area (Å²) >= 11 is 0. The zero-order valence-corrected chi connectivity index (χ0v) is 11.3. The first-order valence-electron chi connectivity index (χ1n) is 6.70. The van der Waals surface area contributed by atoms with Crippen LogP contribution in [0.4, 0.5) is 16.2 Å². The van der Waals surface area contributed by atoms with Gasteiger partial charge in [0.15, 0.2) is 0 Å². The fourth-order valence-electron chi connectivity index (χ4n) is 1.92. The minimum atomic E-state index is -0.143. The molecule has 2 rings (SSSR count). The summed E-state index contributed by atoms with van der Waals surface area (Å²) in [7, 11) is 0. The predicted molar refractivity (Wildman–Crippen MR) is 82.9 cm³/mol. The van der Waals surface area contributed by atoms with E-state index in [2.05, 4.69) is 5.32 Å². The number of urea groups is 1. The number of amides is 2. The van der Waals surface area contributed by atoms with Crippen LogP contribution in [0.2, 0.25) is 0 Å². The number of rotatable bonds is 5. The molecule has 0 aliphatic heterocycles. The number of para-hydroxylation sites is 2. The summed E-state index contributed by atoms with van der Waals surface area (Å²) in [5.74, 6) is 0. The molecule has 0 saturated heterocycles. The number of nitrogens with two attached hydrogens (primary N) is 1. The van der Waals surface area contributed by atoms with Crippen molar-refractivity contribution in [2.45, 2.75) is 6.42 Å². The lowest BCUT2D eigenvalue weighted by atomic mass is 10.2. The molecule has 4 heteroatoms. The van der Waals surface area contributed by atoms with Crippen LogP contribution in [-0.2, 0) is 0 Å². The molecule has 0 fully saturated rings. The largest absolute Gasteiger partial charge is 0.330 e. The third-order valence-electron chi connectivity index (χ3n) is 2.92. The van der Waals surface area contributed by atoms with Crippen LogP contribution >= 0.6 is 0 Å². The van der Waals surface area contributed by atoms with E-state index in [0.717, 1.165) is 17.8 Å². The molecule has 0 spiro atoms. The summed E-state index contributed by atoms with van der Waals surface area (Å²) in [5, 5.41) is 2.90. The Hall–Kier alpha value is -2.33. The van der Waals surface area contributed by atoms with Gasteiger partial charge in [-0.25, -0.2) is 4.79 Å². The van der Waals surface area contributed by atoms with Crippen molar-refractivity contribution >= 4 is 17.4 Å². The van der Waals surface area contributed by atoms with Gasteiger partial charge < -0.3 is 11.1 Å². The average Bonchev–Trinajstić information content (AvgIpc) is 2.50. The molecule has 0 radical (unpaired) electrons. The smallest absolute Gasteiger partial charge is 0.326 e. The quantitative estimate of drug-likeness (QED) is 0.876. The van der Waals surface area contributed by atoms with Crippen molar-refractivity contribution in [3.63, 3.8) is 0 Å². The van der Waals surface area contributed by atoms with E-state index in [1.165, 1.54) is 0 Å². The fraction of sp³-hybridized carbons (Fsp3) is 0.188. The van der Waals surface area contributed by atoms with Crippen molar-refractivity contribution in [3.05, 3.63) is 60.7 Å². The van der Waals surface area contributed by atoms with Crippen LogP contribution in [0.5, 0.6) is 0 Å². The number of nitrogens with zero attached hydrogens (tertiary/aromatic N) is 1. The Balaban J connectivity index is 2.12. The molecule has 3 N–H and O–H groups in total. The molecule has 4 nitrogen and oxygen atoms in total. The number of anilines is 2. The van der Waals surface area contributed by atoms with E-state index in [0.29, 0.717) is 13.1 Å². The lowest BCUT2D eigenvalue weighted by molar-refractivity contribution is 0.257. The number of hydrogen-bond donors (Lipinski definition) is 2. The zero-order chi connectivity index (χ0) is 14.2. The van der Waals surface area contributed by atoms with Crippen LogP contribution < -0.4 is 16.0 Å². The maximum absolute atomic E-state index is 12.4. The highest BCUT2D eigenvalue weighted by molar-refractivity contribution is 6.01. The minimum Gasteiger partial charge on any atom is -0.330 e. The molecule has 104 valence electrons. The predicted octanol–water partition coefficient (Wildman–Crippen LogP) is 3.07. The van der Waals surface area contributed by atoms with Crippen LogP contribution in [0, 0.1) is 0 Å². The van der Waals surface area contributed by atoms with Gasteiger partial charge in [-0.15, -0.1) is 0 Å². The summed E-state index contributed by atoms with van der Waals surface area (Å²) in [4.78, 5) is 14.1. The number of benzene rings is 2. The second-order valence-corrected chi connectivity index (χ2v) is 4.43. The molecular formula is C16H19N3O. The van der Waals surface area contributed by atoms with Gasteiger partial charge in [-0.05, 0) is 37.2 Å². The molecule has 2 aromatic rings. The zero-order valence-electron chi connectivity index (χ0n) is 11.3. The second-order valence-electron chi connectivity index (χ2n) is 4.43. The van der Waals surface area contributed by atoms with E-state index >= 15 is 0 Å². The molecule has 2 aromatic carbocycles. The first kappa shape index (κ1) is 14.1. The summed E-state index contributed by atoms with van der Waals surface area (Å²) in [5.41, 5.74) is 7.20. The lowest BCUT2D eigenvalue weighted by Crippen LogP contribution is -2.36. The van der Waals surface area contributed by atoms with Gasteiger partial charge in [0.25, 0.3) is 0 Å². The first-order valence-corrected chi connectivity index (χ1v) is 6.70. The molecule has 0 atom stereocenters. The SMILES string of the molecule is NCCCN(C(=O)Nc1ccccc1)c1ccccc1. The van der Waals surface area contributed by atoms with E-state index in [9.17, 15) is 4.79 Å². The molecule has 0 aliphatic rings. The Bertz CT molecular complexity index is 528. The van der Waals surface area contributed by atoms with Gasteiger partial charge in [-0.2, -0.15) is 0 Å². The van der Waals surface area contributed by atoms with Gasteiger partial charge >= 0.3 is 6.03 Å². The maximum Gasteiger partial charge on any atom is 0.326 e. The second kappa shape index (κ2) is 7.31. The molecule has 2 amide bonds. The molecular weight excluding hydrogens is 250 g/mol. The van der Waals surface area contributed by atoms with Gasteiger partial charge in [0.1, 0.15) is 0 Å². The van der Waals surface area contributed by atoms with Gasteiger partial charge in [0.2, 0.25) is 0 Å². The summed E-state index contributed by atoms with van der Waals surface area (Å²) < 4.78 is 0. The Morgan fingerprint density at radius 1 is 1.00 bits per heavy atom. The molecule has 0 bridgehead atoms. The van der Waals surface area contributed by atoms with E-state index in [4.69, 9.17) is 5.73 Å². The summed E-state index contributed by atoms with van der Waals surface area (Å²) in [6.07, 6.45) is 0.761. The van der Waals surface area contributed by atoms with E-state index in [-0.39, 0.29) is 6.03 Å². The molecule has 0 aliphatic carbocycles. The highest BCUT2D eigenvalue weighted by Crippen LogP contribution is 2.16. The van der Waals surface area contributed by atoms with Crippen molar-refractivity contribution in [3.8, 4) is 0 Å². The van der Waals surface area contributed by atoms with E-state index in [1.54, 1.807) is 4.90 Å². The number of nitrogens with one attached hydrogen (secondary N) is 1. The van der Waals surface area contributed by atoms with Crippen molar-refractivity contribution < 1.29 is 4.79 Å². The normalized spacial score (nSPS) is 10.1. The molecule has 0 saturated carbocycles. The number of carbonyl (C=O) groups is 1. The first-order chi connectivity index (χ1) is 9.81. The molecule has 20 heavy (non-hydrogen) atoms. The van der Waals surface area contributed by atoms with Crippen LogP contribution in [-0.4, -0.2) is 19.1 Å². The Labute approximate surface area is 119 Å². The van der Waals surface area contributed by atoms with Crippen molar-refractivity contribution in [1.29, 1.82) is 0 Å². The van der Waals surface area contributed by atoms with Crippen LogP contribution in [0.3, 0.4) is 0 Å². The van der Waals surface area contributed by atoms with E-state index in [1.807, 2.05) is 60.7 Å². The van der Waals surface area contributed by atoms with Gasteiger partial charge in [-0.3, -0.25) is 4.90 Å². The number of hydrogen-bond acceptors (Lipinski definition) is 2. The molecule has 0 unspecified atom stereocenters. The summed E-state index contributed by atoms with van der Waals surface area (Å²) in [6, 6.07) is 18.9. The Morgan fingerprint density at radius 2 is 1.60 bits per heavy atom. The van der Waals surface area contributed by atoms with Crippen molar-refractivity contribution in [2.24, 2.45) is 5.73 Å². The minimum absolute atomic E-state index is 0.143. The van der Waals surface area contributed by atoms with Crippen LogP contribution in [0.15, 0.2) is 60.7 Å². The van der Waals surface area contributed by atoms with Gasteiger partial charge in [0.05, 0.1) is 0 Å². The van der Waals surface area contributed by atoms with Gasteiger partial charge in [-0.1, -0.05) is 36.4 Å². The highest BCUT2D eigenvalue weighted by Gasteiger charge is 2.14. The Kier molecular flexibility index (Phi) is 5.15. The van der Waals surface area contributed by atoms with Gasteiger partial charge in [0, 0.05) is 17.9 Å². The monoisotopic (exact) mass is 269 g/mol. The highest BCUT2D eigenvalue weighted by atomic mass is 16.2. The topological polar surface area (TPSA) is 58.4 Å². The van der Waals surface area contributed by atoms with E-state index < -0.39 is 0 Å². The maximum atomic E-state index is 12.4. The van der Waals surface area contributed by atoms with Crippen molar-refractivity contribution in [1.82, 2.24) is 0 Å². The third-order valence-corrected chi connectivity index (χ3v) is 2.92. The molecule has 0 aromatic heterocycles. The molecule has 0 heterocycles. The average molecular weight is 269 g/mol. The third kappa shape index (κ3) is 3.83. The number of carbonyl (C=O) groups excluding carboxylic acids is 1. The fourth-order valence-corrected chi connectivity index (χ4v) is 1.92. The van der Waals surface area contributed by atoms with Crippen LogP contribution in [0.1, 0.15) is 6.42 Å². The summed E-state index contributed by atoms with van der Waals surface area (Å²) in [6.45, 7) is 1.15.